The topological polar surface area (TPSA) is 47.0 Å². The van der Waals surface area contributed by atoms with Crippen molar-refractivity contribution in [3.8, 4) is 5.75 Å². The fourth-order valence-corrected chi connectivity index (χ4v) is 2.44. The molecular weight excluding hydrogens is 282 g/mol. The summed E-state index contributed by atoms with van der Waals surface area (Å²) in [5, 5.41) is 4.14. The Labute approximate surface area is 130 Å². The van der Waals surface area contributed by atoms with Gasteiger partial charge >= 0.3 is 0 Å². The molecule has 0 aliphatic heterocycles. The van der Waals surface area contributed by atoms with Crippen molar-refractivity contribution in [2.75, 3.05) is 13.7 Å². The summed E-state index contributed by atoms with van der Waals surface area (Å²) in [4.78, 5) is 9.89. The third kappa shape index (κ3) is 5.36. The summed E-state index contributed by atoms with van der Waals surface area (Å²) in [5.41, 5.74) is 1.11. The summed E-state index contributed by atoms with van der Waals surface area (Å²) < 4.78 is 5.14. The van der Waals surface area contributed by atoms with Gasteiger partial charge in [-0.05, 0) is 48.5 Å². The second-order valence-corrected chi connectivity index (χ2v) is 6.22. The van der Waals surface area contributed by atoms with E-state index in [0.29, 0.717) is 5.92 Å². The predicted octanol–water partition coefficient (Wildman–Crippen LogP) is 3.38. The van der Waals surface area contributed by atoms with Crippen LogP contribution in [-0.4, -0.2) is 23.6 Å². The van der Waals surface area contributed by atoms with E-state index in [9.17, 15) is 0 Å². The molecule has 5 heteroatoms. The SMILES string of the molecule is COc1ccc(Sc2ncc(CNCC(C)C)cn2)cc1. The summed E-state index contributed by atoms with van der Waals surface area (Å²) in [7, 11) is 1.66. The first-order chi connectivity index (χ1) is 10.2. The highest BCUT2D eigenvalue weighted by molar-refractivity contribution is 7.99. The maximum atomic E-state index is 5.14. The van der Waals surface area contributed by atoms with Crippen molar-refractivity contribution in [2.24, 2.45) is 5.92 Å². The Balaban J connectivity index is 1.89. The summed E-state index contributed by atoms with van der Waals surface area (Å²) in [5.74, 6) is 1.50. The van der Waals surface area contributed by atoms with Gasteiger partial charge in [-0.1, -0.05) is 13.8 Å². The van der Waals surface area contributed by atoms with Gasteiger partial charge in [0.15, 0.2) is 5.16 Å². The summed E-state index contributed by atoms with van der Waals surface area (Å²) >= 11 is 1.55. The van der Waals surface area contributed by atoms with Crippen molar-refractivity contribution in [3.63, 3.8) is 0 Å². The zero-order valence-electron chi connectivity index (χ0n) is 12.7. The molecule has 0 saturated carbocycles. The van der Waals surface area contributed by atoms with Gasteiger partial charge in [0.05, 0.1) is 7.11 Å². The second kappa shape index (κ2) is 8.00. The van der Waals surface area contributed by atoms with Gasteiger partial charge in [-0.3, -0.25) is 0 Å². The molecule has 0 aliphatic carbocycles. The first-order valence-corrected chi connectivity index (χ1v) is 7.82. The van der Waals surface area contributed by atoms with E-state index in [-0.39, 0.29) is 0 Å². The van der Waals surface area contributed by atoms with Gasteiger partial charge < -0.3 is 10.1 Å². The van der Waals surface area contributed by atoms with Gasteiger partial charge in [-0.25, -0.2) is 9.97 Å². The maximum Gasteiger partial charge on any atom is 0.192 e. The van der Waals surface area contributed by atoms with Crippen molar-refractivity contribution >= 4 is 11.8 Å². The van der Waals surface area contributed by atoms with Gasteiger partial charge in [0, 0.05) is 29.4 Å². The molecule has 1 aromatic heterocycles. The molecule has 1 N–H and O–H groups in total. The number of aromatic nitrogens is 2. The lowest BCUT2D eigenvalue weighted by atomic mass is 10.2. The van der Waals surface area contributed by atoms with Crippen LogP contribution in [0.1, 0.15) is 19.4 Å². The molecule has 4 nitrogen and oxygen atoms in total. The van der Waals surface area contributed by atoms with Crippen LogP contribution in [0, 0.1) is 5.92 Å². The van der Waals surface area contributed by atoms with Crippen LogP contribution in [0.15, 0.2) is 46.7 Å². The van der Waals surface area contributed by atoms with Crippen molar-refractivity contribution < 1.29 is 4.74 Å². The number of methoxy groups -OCH3 is 1. The minimum absolute atomic E-state index is 0.649. The Kier molecular flexibility index (Phi) is 6.02. The second-order valence-electron chi connectivity index (χ2n) is 5.18. The quantitative estimate of drug-likeness (QED) is 0.795. The van der Waals surface area contributed by atoms with Gasteiger partial charge in [-0.2, -0.15) is 0 Å². The third-order valence-electron chi connectivity index (χ3n) is 2.83. The van der Waals surface area contributed by atoms with Crippen LogP contribution in [0.5, 0.6) is 5.75 Å². The average molecular weight is 303 g/mol. The molecule has 0 spiro atoms. The molecule has 1 aromatic carbocycles. The van der Waals surface area contributed by atoms with E-state index >= 15 is 0 Å². The Hall–Kier alpha value is -1.59. The lowest BCUT2D eigenvalue weighted by molar-refractivity contribution is 0.414. The number of rotatable bonds is 7. The Morgan fingerprint density at radius 2 is 1.81 bits per heavy atom. The normalized spacial score (nSPS) is 10.9. The van der Waals surface area contributed by atoms with Crippen molar-refractivity contribution in [3.05, 3.63) is 42.2 Å². The van der Waals surface area contributed by atoms with Crippen LogP contribution in [0.4, 0.5) is 0 Å². The van der Waals surface area contributed by atoms with E-state index in [1.165, 1.54) is 0 Å². The summed E-state index contributed by atoms with van der Waals surface area (Å²) in [6.45, 7) is 6.20. The minimum atomic E-state index is 0.649. The molecule has 1 heterocycles. The Morgan fingerprint density at radius 3 is 2.38 bits per heavy atom. The van der Waals surface area contributed by atoms with Gasteiger partial charge in [-0.15, -0.1) is 0 Å². The van der Waals surface area contributed by atoms with Crippen molar-refractivity contribution in [1.82, 2.24) is 15.3 Å². The molecule has 0 saturated heterocycles. The highest BCUT2D eigenvalue weighted by Gasteiger charge is 2.02. The van der Waals surface area contributed by atoms with Gasteiger partial charge in [0.25, 0.3) is 0 Å². The number of ether oxygens (including phenoxy) is 1. The number of hydrogen-bond donors (Lipinski definition) is 1. The third-order valence-corrected chi connectivity index (χ3v) is 3.73. The smallest absolute Gasteiger partial charge is 0.192 e. The van der Waals surface area contributed by atoms with E-state index in [4.69, 9.17) is 4.74 Å². The van der Waals surface area contributed by atoms with E-state index in [2.05, 4.69) is 29.1 Å². The summed E-state index contributed by atoms with van der Waals surface area (Å²) in [6, 6.07) is 7.88. The number of nitrogens with one attached hydrogen (secondary N) is 1. The fourth-order valence-electron chi connectivity index (χ4n) is 1.74. The highest BCUT2D eigenvalue weighted by Crippen LogP contribution is 2.25. The molecule has 112 valence electrons. The monoisotopic (exact) mass is 303 g/mol. The molecule has 0 aliphatic rings. The Bertz CT molecular complexity index is 540. The van der Waals surface area contributed by atoms with Gasteiger partial charge in [0.1, 0.15) is 5.75 Å². The van der Waals surface area contributed by atoms with E-state index in [1.807, 2.05) is 36.7 Å². The predicted molar refractivity (Wildman–Crippen MR) is 85.7 cm³/mol. The zero-order chi connectivity index (χ0) is 15.1. The molecule has 21 heavy (non-hydrogen) atoms. The molecular formula is C16H21N3OS. The van der Waals surface area contributed by atoms with E-state index in [1.54, 1.807) is 18.9 Å². The minimum Gasteiger partial charge on any atom is -0.497 e. The number of benzene rings is 1. The highest BCUT2D eigenvalue weighted by atomic mass is 32.2. The van der Waals surface area contributed by atoms with Crippen LogP contribution in [0.25, 0.3) is 0 Å². The zero-order valence-corrected chi connectivity index (χ0v) is 13.5. The molecule has 0 radical (unpaired) electrons. The standard InChI is InChI=1S/C16H21N3OS/c1-12(2)8-17-9-13-10-18-16(19-11-13)21-15-6-4-14(20-3)5-7-15/h4-7,10-12,17H,8-9H2,1-3H3. The molecule has 0 fully saturated rings. The molecule has 0 bridgehead atoms. The van der Waals surface area contributed by atoms with Gasteiger partial charge in [0.2, 0.25) is 0 Å². The van der Waals surface area contributed by atoms with E-state index < -0.39 is 0 Å². The Morgan fingerprint density at radius 1 is 1.14 bits per heavy atom. The number of nitrogens with zero attached hydrogens (tertiary/aromatic N) is 2. The molecule has 0 unspecified atom stereocenters. The molecule has 0 atom stereocenters. The lowest BCUT2D eigenvalue weighted by Gasteiger charge is -2.07. The van der Waals surface area contributed by atoms with Crippen molar-refractivity contribution in [2.45, 2.75) is 30.4 Å². The van der Waals surface area contributed by atoms with Crippen LogP contribution in [0.3, 0.4) is 0 Å². The van der Waals surface area contributed by atoms with Crippen LogP contribution in [-0.2, 0) is 6.54 Å². The fraction of sp³-hybridized carbons (Fsp3) is 0.375. The summed E-state index contributed by atoms with van der Waals surface area (Å²) in [6.07, 6.45) is 3.76. The largest absolute Gasteiger partial charge is 0.497 e. The van der Waals surface area contributed by atoms with Crippen molar-refractivity contribution in [1.29, 1.82) is 0 Å². The van der Waals surface area contributed by atoms with E-state index in [0.717, 1.165) is 34.5 Å². The van der Waals surface area contributed by atoms with Crippen LogP contribution < -0.4 is 10.1 Å². The lowest BCUT2D eigenvalue weighted by Crippen LogP contribution is -2.19. The molecule has 0 amide bonds. The van der Waals surface area contributed by atoms with Crippen LogP contribution >= 0.6 is 11.8 Å². The van der Waals surface area contributed by atoms with Crippen LogP contribution in [0.2, 0.25) is 0 Å². The molecule has 2 rings (SSSR count). The number of hydrogen-bond acceptors (Lipinski definition) is 5. The first kappa shape index (κ1) is 15.8. The maximum absolute atomic E-state index is 5.14. The first-order valence-electron chi connectivity index (χ1n) is 7.01. The molecule has 2 aromatic rings. The average Bonchev–Trinajstić information content (AvgIpc) is 2.49.